The molecule has 0 N–H and O–H groups in total. The fourth-order valence-electron chi connectivity index (χ4n) is 2.96. The first-order valence-corrected chi connectivity index (χ1v) is 8.57. The Kier molecular flexibility index (Phi) is 7.61. The summed E-state index contributed by atoms with van der Waals surface area (Å²) in [4.78, 5) is 23.3. The lowest BCUT2D eigenvalue weighted by atomic mass is 9.72. The molecule has 0 aromatic heterocycles. The molecule has 0 amide bonds. The fraction of sp³-hybridized carbons (Fsp3) is 0.789. The van der Waals surface area contributed by atoms with Crippen LogP contribution < -0.4 is 0 Å². The van der Waals surface area contributed by atoms with E-state index in [9.17, 15) is 9.59 Å². The van der Waals surface area contributed by atoms with Gasteiger partial charge < -0.3 is 9.47 Å². The molecule has 0 spiro atoms. The van der Waals surface area contributed by atoms with E-state index < -0.39 is 6.10 Å². The highest BCUT2D eigenvalue weighted by molar-refractivity contribution is 5.72. The Morgan fingerprint density at radius 2 is 1.70 bits per heavy atom. The van der Waals surface area contributed by atoms with Crippen LogP contribution in [0, 0.1) is 23.7 Å². The molecule has 0 aromatic rings. The summed E-state index contributed by atoms with van der Waals surface area (Å²) in [5.74, 6) is 2.44. The molecule has 1 aliphatic carbocycles. The van der Waals surface area contributed by atoms with Gasteiger partial charge >= 0.3 is 11.9 Å². The van der Waals surface area contributed by atoms with E-state index in [0.29, 0.717) is 17.8 Å². The van der Waals surface area contributed by atoms with Gasteiger partial charge in [-0.1, -0.05) is 26.7 Å². The third-order valence-corrected chi connectivity index (χ3v) is 4.50. The van der Waals surface area contributed by atoms with Crippen LogP contribution in [-0.4, -0.2) is 24.1 Å². The number of rotatable bonds is 6. The molecule has 23 heavy (non-hydrogen) atoms. The number of carbonyl (C=O) groups is 2. The second-order valence-electron chi connectivity index (χ2n) is 7.48. The Hall–Kier alpha value is -1.50. The second kappa shape index (κ2) is 8.96. The van der Waals surface area contributed by atoms with Crippen LogP contribution in [0.1, 0.15) is 72.6 Å². The van der Waals surface area contributed by atoms with Crippen LogP contribution >= 0.6 is 0 Å². The van der Waals surface area contributed by atoms with E-state index in [2.05, 4.69) is 26.7 Å². The normalized spacial score (nSPS) is 22.7. The Morgan fingerprint density at radius 1 is 1.13 bits per heavy atom. The molecule has 0 aromatic carbocycles. The lowest BCUT2D eigenvalue weighted by Gasteiger charge is -2.36. The molecule has 1 saturated carbocycles. The van der Waals surface area contributed by atoms with Gasteiger partial charge in [0.05, 0.1) is 0 Å². The number of hydrogen-bond acceptors (Lipinski definition) is 4. The fourth-order valence-corrected chi connectivity index (χ4v) is 2.96. The van der Waals surface area contributed by atoms with Crippen LogP contribution in [-0.2, 0) is 19.1 Å². The van der Waals surface area contributed by atoms with E-state index >= 15 is 0 Å². The van der Waals surface area contributed by atoms with E-state index in [4.69, 9.17) is 15.9 Å². The molecule has 130 valence electrons. The number of esters is 2. The van der Waals surface area contributed by atoms with Gasteiger partial charge in [-0.25, -0.2) is 0 Å². The minimum atomic E-state index is -0.521. The summed E-state index contributed by atoms with van der Waals surface area (Å²) in [6.07, 6.45) is 9.63. The molecule has 4 heteroatoms. The van der Waals surface area contributed by atoms with Gasteiger partial charge in [-0.3, -0.25) is 9.59 Å². The van der Waals surface area contributed by atoms with E-state index in [1.54, 1.807) is 6.92 Å². The summed E-state index contributed by atoms with van der Waals surface area (Å²) in [5.41, 5.74) is 0.324. The Bertz CT molecular complexity index is 433. The third-order valence-electron chi connectivity index (χ3n) is 4.50. The van der Waals surface area contributed by atoms with Crippen LogP contribution in [0.15, 0.2) is 0 Å². The minimum absolute atomic E-state index is 0.0366. The van der Waals surface area contributed by atoms with Crippen molar-refractivity contribution < 1.29 is 19.1 Å². The van der Waals surface area contributed by atoms with Gasteiger partial charge in [0.15, 0.2) is 6.10 Å². The van der Waals surface area contributed by atoms with Crippen molar-refractivity contribution in [3.63, 3.8) is 0 Å². The van der Waals surface area contributed by atoms with Gasteiger partial charge in [-0.15, -0.1) is 6.42 Å². The van der Waals surface area contributed by atoms with Gasteiger partial charge in [0.1, 0.15) is 6.10 Å². The molecule has 1 atom stereocenters. The van der Waals surface area contributed by atoms with E-state index in [-0.39, 0.29) is 30.9 Å². The molecule has 4 nitrogen and oxygen atoms in total. The van der Waals surface area contributed by atoms with Crippen molar-refractivity contribution in [3.05, 3.63) is 0 Å². The zero-order valence-corrected chi connectivity index (χ0v) is 14.9. The maximum Gasteiger partial charge on any atom is 0.307 e. The van der Waals surface area contributed by atoms with Crippen molar-refractivity contribution >= 4 is 11.9 Å². The van der Waals surface area contributed by atoms with Crippen LogP contribution in [0.5, 0.6) is 0 Å². The summed E-state index contributed by atoms with van der Waals surface area (Å²) >= 11 is 0. The number of ether oxygens (including phenoxy) is 2. The van der Waals surface area contributed by atoms with Crippen LogP contribution in [0.3, 0.4) is 0 Å². The largest absolute Gasteiger partial charge is 0.462 e. The van der Waals surface area contributed by atoms with Gasteiger partial charge in [-0.2, -0.15) is 0 Å². The van der Waals surface area contributed by atoms with E-state index in [1.165, 1.54) is 0 Å². The van der Waals surface area contributed by atoms with Crippen molar-refractivity contribution in [2.24, 2.45) is 11.3 Å². The van der Waals surface area contributed by atoms with E-state index in [1.807, 2.05) is 0 Å². The van der Waals surface area contributed by atoms with Crippen molar-refractivity contribution in [2.45, 2.75) is 84.8 Å². The first kappa shape index (κ1) is 19.5. The Morgan fingerprint density at radius 3 is 2.22 bits per heavy atom. The molecule has 1 rings (SSSR count). The average Bonchev–Trinajstić information content (AvgIpc) is 2.46. The standard InChI is InChI=1S/C19H30O4/c1-6-14(2)22-17(20)8-7-9-18(21)23-16-12-10-15(11-13-16)19(3,4)5/h1,14-16H,7-13H2,2-5H3. The van der Waals surface area contributed by atoms with Crippen LogP contribution in [0.25, 0.3) is 0 Å². The number of carbonyl (C=O) groups excluding carboxylic acids is 2. The Balaban J connectivity index is 2.18. The molecular formula is C19H30O4. The van der Waals surface area contributed by atoms with Crippen molar-refractivity contribution in [3.8, 4) is 12.3 Å². The lowest BCUT2D eigenvalue weighted by molar-refractivity contribution is -0.151. The first-order chi connectivity index (χ1) is 10.7. The highest BCUT2D eigenvalue weighted by Crippen LogP contribution is 2.38. The van der Waals surface area contributed by atoms with Gasteiger partial charge in [0.25, 0.3) is 0 Å². The topological polar surface area (TPSA) is 52.6 Å². The summed E-state index contributed by atoms with van der Waals surface area (Å²) < 4.78 is 10.5. The van der Waals surface area contributed by atoms with Gasteiger partial charge in [-0.05, 0) is 50.4 Å². The van der Waals surface area contributed by atoms with Crippen molar-refractivity contribution in [2.75, 3.05) is 0 Å². The van der Waals surface area contributed by atoms with E-state index in [0.717, 1.165) is 25.7 Å². The maximum absolute atomic E-state index is 11.8. The second-order valence-corrected chi connectivity index (χ2v) is 7.48. The maximum atomic E-state index is 11.8. The molecule has 0 radical (unpaired) electrons. The highest BCUT2D eigenvalue weighted by atomic mass is 16.5. The molecular weight excluding hydrogens is 292 g/mol. The Labute approximate surface area is 140 Å². The van der Waals surface area contributed by atoms with Crippen molar-refractivity contribution in [1.29, 1.82) is 0 Å². The molecule has 0 heterocycles. The summed E-state index contributed by atoms with van der Waals surface area (Å²) in [7, 11) is 0. The third kappa shape index (κ3) is 7.54. The SMILES string of the molecule is C#CC(C)OC(=O)CCCC(=O)OC1CCC(C(C)(C)C)CC1. The smallest absolute Gasteiger partial charge is 0.307 e. The zero-order valence-electron chi connectivity index (χ0n) is 14.9. The molecule has 1 unspecified atom stereocenters. The molecule has 1 aliphatic rings. The summed E-state index contributed by atoms with van der Waals surface area (Å²) in [5, 5.41) is 0. The predicted molar refractivity (Wildman–Crippen MR) is 89.5 cm³/mol. The lowest BCUT2D eigenvalue weighted by Crippen LogP contribution is -2.30. The van der Waals surface area contributed by atoms with Gasteiger partial charge in [0.2, 0.25) is 0 Å². The molecule has 0 bridgehead atoms. The average molecular weight is 322 g/mol. The minimum Gasteiger partial charge on any atom is -0.462 e. The van der Waals surface area contributed by atoms with Crippen LogP contribution in [0.4, 0.5) is 0 Å². The molecule has 0 aliphatic heterocycles. The monoisotopic (exact) mass is 322 g/mol. The summed E-state index contributed by atoms with van der Waals surface area (Å²) in [6.45, 7) is 8.44. The first-order valence-electron chi connectivity index (χ1n) is 8.57. The number of terminal acetylenes is 1. The highest BCUT2D eigenvalue weighted by Gasteiger charge is 2.30. The number of hydrogen-bond donors (Lipinski definition) is 0. The van der Waals surface area contributed by atoms with Gasteiger partial charge in [0, 0.05) is 12.8 Å². The molecule has 1 fully saturated rings. The van der Waals surface area contributed by atoms with Crippen LogP contribution in [0.2, 0.25) is 0 Å². The predicted octanol–water partition coefficient (Wildman–Crippen LogP) is 3.87. The quantitative estimate of drug-likeness (QED) is 0.550. The summed E-state index contributed by atoms with van der Waals surface area (Å²) in [6, 6.07) is 0. The zero-order chi connectivity index (χ0) is 17.5. The molecule has 0 saturated heterocycles. The van der Waals surface area contributed by atoms with Crippen molar-refractivity contribution in [1.82, 2.24) is 0 Å².